The van der Waals surface area contributed by atoms with Crippen molar-refractivity contribution in [2.24, 2.45) is 0 Å². The number of thiophene rings is 2. The van der Waals surface area contributed by atoms with Gasteiger partial charge in [0.05, 0.1) is 0 Å². The quantitative estimate of drug-likeness (QED) is 0.346. The van der Waals surface area contributed by atoms with Crippen LogP contribution >= 0.6 is 30.6 Å². The number of fused-ring (bicyclic) bond motifs is 3. The van der Waals surface area contributed by atoms with E-state index in [1.807, 2.05) is 22.7 Å². The van der Waals surface area contributed by atoms with Gasteiger partial charge in [-0.25, -0.2) is 0 Å². The highest BCUT2D eigenvalue weighted by molar-refractivity contribution is 7.84. The largest absolute Gasteiger partial charge is 0.144 e. The Kier molecular flexibility index (Phi) is 3.90. The summed E-state index contributed by atoms with van der Waals surface area (Å²) >= 11 is 3.77. The van der Waals surface area contributed by atoms with E-state index in [0.717, 1.165) is 0 Å². The lowest BCUT2D eigenvalue weighted by Gasteiger charge is -2.16. The smallest absolute Gasteiger partial charge is 0.0381 e. The summed E-state index contributed by atoms with van der Waals surface area (Å²) in [5.74, 6) is 0. The Hall–Kier alpha value is -1.99. The summed E-state index contributed by atoms with van der Waals surface area (Å²) in [5.41, 5.74) is 0. The van der Waals surface area contributed by atoms with Crippen molar-refractivity contribution in [1.82, 2.24) is 0 Å². The summed E-state index contributed by atoms with van der Waals surface area (Å²) in [4.78, 5) is 0. The molecule has 0 amide bonds. The van der Waals surface area contributed by atoms with Crippen LogP contribution in [0.4, 0.5) is 0 Å². The van der Waals surface area contributed by atoms with Gasteiger partial charge < -0.3 is 0 Å². The zero-order valence-electron chi connectivity index (χ0n) is 13.4. The second kappa shape index (κ2) is 6.38. The summed E-state index contributed by atoms with van der Waals surface area (Å²) in [7, 11) is -0.512. The summed E-state index contributed by atoms with van der Waals surface area (Å²) in [6.45, 7) is 0. The Morgan fingerprint density at radius 1 is 0.600 bits per heavy atom. The van der Waals surface area contributed by atoms with Gasteiger partial charge in [-0.05, 0) is 48.2 Å². The maximum atomic E-state index is 2.43. The van der Waals surface area contributed by atoms with Crippen LogP contribution < -0.4 is 15.2 Å². The Morgan fingerprint density at radius 3 is 1.92 bits per heavy atom. The first kappa shape index (κ1) is 15.3. The molecular weight excluding hydrogens is 359 g/mol. The summed E-state index contributed by atoms with van der Waals surface area (Å²) in [6, 6.07) is 31.1. The Balaban J connectivity index is 1.75. The van der Waals surface area contributed by atoms with Gasteiger partial charge in [-0.2, -0.15) is 0 Å². The van der Waals surface area contributed by atoms with E-state index in [1.165, 1.54) is 35.4 Å². The molecule has 0 spiro atoms. The van der Waals surface area contributed by atoms with Crippen molar-refractivity contribution in [3.8, 4) is 0 Å². The van der Waals surface area contributed by atoms with E-state index in [2.05, 4.69) is 90.3 Å². The third-order valence-corrected chi connectivity index (χ3v) is 9.17. The molecule has 120 valence electrons. The first-order chi connectivity index (χ1) is 12.4. The van der Waals surface area contributed by atoms with Gasteiger partial charge >= 0.3 is 0 Å². The Labute approximate surface area is 156 Å². The molecule has 5 rings (SSSR count). The SMILES string of the molecule is c1ccc(P(c2ccccc2)c2cc3c(ccc4sccc43)s2)cc1. The van der Waals surface area contributed by atoms with E-state index in [-0.39, 0.29) is 0 Å². The minimum atomic E-state index is -0.512. The van der Waals surface area contributed by atoms with Crippen molar-refractivity contribution in [3.63, 3.8) is 0 Å². The summed E-state index contributed by atoms with van der Waals surface area (Å²) in [5, 5.41) is 7.81. The van der Waals surface area contributed by atoms with Crippen molar-refractivity contribution in [2.75, 3.05) is 0 Å². The van der Waals surface area contributed by atoms with E-state index in [0.29, 0.717) is 0 Å². The minimum absolute atomic E-state index is 0.512. The van der Waals surface area contributed by atoms with Crippen molar-refractivity contribution in [1.29, 1.82) is 0 Å². The third kappa shape index (κ3) is 2.71. The first-order valence-electron chi connectivity index (χ1n) is 8.20. The fraction of sp³-hybridized carbons (Fsp3) is 0. The standard InChI is InChI=1S/C22H15PS2/c1-3-7-16(8-4-1)23(17-9-5-2-6-10-17)22-15-19-18-13-14-24-20(18)11-12-21(19)25-22/h1-15H. The van der Waals surface area contributed by atoms with E-state index in [9.17, 15) is 0 Å². The number of benzene rings is 3. The van der Waals surface area contributed by atoms with Gasteiger partial charge in [-0.1, -0.05) is 60.7 Å². The van der Waals surface area contributed by atoms with E-state index >= 15 is 0 Å². The predicted octanol–water partition coefficient (Wildman–Crippen LogP) is 5.87. The fourth-order valence-corrected chi connectivity index (χ4v) is 8.14. The molecule has 0 saturated heterocycles. The van der Waals surface area contributed by atoms with Crippen LogP contribution in [0.5, 0.6) is 0 Å². The highest BCUT2D eigenvalue weighted by Crippen LogP contribution is 2.40. The molecule has 0 fully saturated rings. The van der Waals surface area contributed by atoms with Crippen LogP contribution in [-0.2, 0) is 0 Å². The number of hydrogen-bond acceptors (Lipinski definition) is 2. The average molecular weight is 374 g/mol. The van der Waals surface area contributed by atoms with E-state index in [4.69, 9.17) is 0 Å². The van der Waals surface area contributed by atoms with Gasteiger partial charge in [0, 0.05) is 24.8 Å². The van der Waals surface area contributed by atoms with Crippen LogP contribution in [0.2, 0.25) is 0 Å². The molecule has 0 bridgehead atoms. The zero-order chi connectivity index (χ0) is 16.6. The molecule has 0 aliphatic carbocycles. The van der Waals surface area contributed by atoms with Crippen molar-refractivity contribution in [3.05, 3.63) is 90.3 Å². The number of rotatable bonds is 3. The molecule has 0 radical (unpaired) electrons. The van der Waals surface area contributed by atoms with E-state index in [1.54, 1.807) is 0 Å². The molecule has 0 aliphatic rings. The zero-order valence-corrected chi connectivity index (χ0v) is 16.0. The molecule has 0 N–H and O–H groups in total. The summed E-state index contributed by atoms with van der Waals surface area (Å²) < 4.78 is 4.24. The maximum absolute atomic E-state index is 2.43. The molecule has 0 aliphatic heterocycles. The molecule has 0 saturated carbocycles. The lowest BCUT2D eigenvalue weighted by Crippen LogP contribution is -2.18. The molecule has 0 atom stereocenters. The van der Waals surface area contributed by atoms with Crippen LogP contribution in [0.3, 0.4) is 0 Å². The van der Waals surface area contributed by atoms with E-state index < -0.39 is 7.92 Å². The highest BCUT2D eigenvalue weighted by atomic mass is 32.1. The molecule has 25 heavy (non-hydrogen) atoms. The third-order valence-electron chi connectivity index (χ3n) is 4.37. The Morgan fingerprint density at radius 2 is 1.24 bits per heavy atom. The maximum Gasteiger partial charge on any atom is 0.0381 e. The van der Waals surface area contributed by atoms with Gasteiger partial charge in [0.1, 0.15) is 0 Å². The van der Waals surface area contributed by atoms with Gasteiger partial charge in [0.25, 0.3) is 0 Å². The molecule has 0 nitrogen and oxygen atoms in total. The van der Waals surface area contributed by atoms with Crippen LogP contribution in [0, 0.1) is 0 Å². The average Bonchev–Trinajstić information content (AvgIpc) is 3.30. The van der Waals surface area contributed by atoms with Crippen molar-refractivity contribution < 1.29 is 0 Å². The number of hydrogen-bond donors (Lipinski definition) is 0. The topological polar surface area (TPSA) is 0 Å². The second-order valence-electron chi connectivity index (χ2n) is 5.90. The lowest BCUT2D eigenvalue weighted by molar-refractivity contribution is 1.75. The lowest BCUT2D eigenvalue weighted by atomic mass is 10.2. The monoisotopic (exact) mass is 374 g/mol. The molecule has 5 aromatic rings. The van der Waals surface area contributed by atoms with Crippen LogP contribution in [0.25, 0.3) is 20.2 Å². The minimum Gasteiger partial charge on any atom is -0.144 e. The predicted molar refractivity (Wildman–Crippen MR) is 116 cm³/mol. The van der Waals surface area contributed by atoms with Gasteiger partial charge in [-0.3, -0.25) is 0 Å². The molecule has 2 aromatic heterocycles. The van der Waals surface area contributed by atoms with Gasteiger partial charge in [-0.15, -0.1) is 22.7 Å². The molecule has 3 heteroatoms. The molecule has 0 unspecified atom stereocenters. The van der Waals surface area contributed by atoms with Crippen molar-refractivity contribution >= 4 is 66.0 Å². The Bertz CT molecular complexity index is 1100. The van der Waals surface area contributed by atoms with Gasteiger partial charge in [0.15, 0.2) is 0 Å². The molecule has 3 aromatic carbocycles. The normalized spacial score (nSPS) is 11.6. The highest BCUT2D eigenvalue weighted by Gasteiger charge is 2.19. The second-order valence-corrected chi connectivity index (χ2v) is 10.4. The molecular formula is C22H15PS2. The van der Waals surface area contributed by atoms with Crippen molar-refractivity contribution in [2.45, 2.75) is 0 Å². The van der Waals surface area contributed by atoms with Crippen LogP contribution in [-0.4, -0.2) is 0 Å². The van der Waals surface area contributed by atoms with Crippen LogP contribution in [0.15, 0.2) is 90.3 Å². The first-order valence-corrected chi connectivity index (χ1v) is 11.2. The summed E-state index contributed by atoms with van der Waals surface area (Å²) in [6.07, 6.45) is 0. The van der Waals surface area contributed by atoms with Gasteiger partial charge in [0.2, 0.25) is 0 Å². The fourth-order valence-electron chi connectivity index (χ4n) is 3.22. The molecule has 2 heterocycles. The van der Waals surface area contributed by atoms with Crippen LogP contribution in [0.1, 0.15) is 0 Å².